The van der Waals surface area contributed by atoms with E-state index in [1.54, 1.807) is 0 Å². The molecule has 2 atom stereocenters. The van der Waals surface area contributed by atoms with E-state index in [9.17, 15) is 5.26 Å². The van der Waals surface area contributed by atoms with Gasteiger partial charge in [-0.25, -0.2) is 0 Å². The number of hydrogen-bond acceptors (Lipinski definition) is 4. The van der Waals surface area contributed by atoms with Gasteiger partial charge in [0, 0.05) is 25.2 Å². The van der Waals surface area contributed by atoms with Crippen LogP contribution in [0, 0.1) is 11.3 Å². The highest BCUT2D eigenvalue weighted by atomic mass is 16.5. The van der Waals surface area contributed by atoms with Crippen molar-refractivity contribution < 1.29 is 4.74 Å². The predicted octanol–water partition coefficient (Wildman–Crippen LogP) is 2.40. The topological polar surface area (TPSA) is 48.3 Å². The molecule has 0 bridgehead atoms. The Morgan fingerprint density at radius 3 is 2.37 bits per heavy atom. The zero-order valence-electron chi connectivity index (χ0n) is 13.5. The minimum atomic E-state index is -0.466. The first-order valence-corrected chi connectivity index (χ1v) is 7.39. The molecule has 0 saturated carbocycles. The summed E-state index contributed by atoms with van der Waals surface area (Å²) in [5.41, 5.74) is -0.466. The molecule has 4 heteroatoms. The number of ether oxygens (including phenoxy) is 1. The fraction of sp³-hybridized carbons (Fsp3) is 0.933. The molecule has 0 saturated heterocycles. The zero-order valence-corrected chi connectivity index (χ0v) is 13.5. The molecule has 0 fully saturated rings. The van der Waals surface area contributed by atoms with Gasteiger partial charge in [0.2, 0.25) is 0 Å². The van der Waals surface area contributed by atoms with Gasteiger partial charge in [-0.3, -0.25) is 10.2 Å². The highest BCUT2D eigenvalue weighted by molar-refractivity contribution is 5.06. The Hall–Kier alpha value is -0.630. The SMILES string of the molecule is CCOCCN(CC)C(C)CC(C)(C#N)NC(C)C. The van der Waals surface area contributed by atoms with Crippen LogP contribution in [-0.4, -0.2) is 48.8 Å². The molecule has 0 aliphatic rings. The molecular weight excluding hydrogens is 238 g/mol. The molecule has 0 aromatic heterocycles. The summed E-state index contributed by atoms with van der Waals surface area (Å²) in [7, 11) is 0. The maximum Gasteiger partial charge on any atom is 0.105 e. The number of nitrogens with one attached hydrogen (secondary N) is 1. The molecule has 0 spiro atoms. The van der Waals surface area contributed by atoms with Crippen LogP contribution in [-0.2, 0) is 4.74 Å². The fourth-order valence-electron chi connectivity index (χ4n) is 2.51. The van der Waals surface area contributed by atoms with Crippen LogP contribution in [0.1, 0.15) is 48.0 Å². The monoisotopic (exact) mass is 269 g/mol. The third kappa shape index (κ3) is 7.51. The summed E-state index contributed by atoms with van der Waals surface area (Å²) in [4.78, 5) is 2.37. The van der Waals surface area contributed by atoms with Crippen LogP contribution in [0.2, 0.25) is 0 Å². The van der Waals surface area contributed by atoms with Crippen molar-refractivity contribution in [1.82, 2.24) is 10.2 Å². The Morgan fingerprint density at radius 2 is 1.95 bits per heavy atom. The van der Waals surface area contributed by atoms with E-state index in [1.165, 1.54) is 0 Å². The number of hydrogen-bond donors (Lipinski definition) is 1. The average Bonchev–Trinajstić information content (AvgIpc) is 2.33. The van der Waals surface area contributed by atoms with Crippen molar-refractivity contribution in [2.24, 2.45) is 0 Å². The zero-order chi connectivity index (χ0) is 14.9. The van der Waals surface area contributed by atoms with E-state index >= 15 is 0 Å². The van der Waals surface area contributed by atoms with Gasteiger partial charge in [0.05, 0.1) is 12.7 Å². The minimum absolute atomic E-state index is 0.315. The minimum Gasteiger partial charge on any atom is -0.380 e. The lowest BCUT2D eigenvalue weighted by Crippen LogP contribution is -2.50. The van der Waals surface area contributed by atoms with E-state index in [4.69, 9.17) is 4.74 Å². The molecule has 0 radical (unpaired) electrons. The van der Waals surface area contributed by atoms with E-state index in [0.29, 0.717) is 12.1 Å². The lowest BCUT2D eigenvalue weighted by molar-refractivity contribution is 0.0927. The van der Waals surface area contributed by atoms with Crippen LogP contribution in [0.3, 0.4) is 0 Å². The Morgan fingerprint density at radius 1 is 1.32 bits per heavy atom. The molecule has 19 heavy (non-hydrogen) atoms. The van der Waals surface area contributed by atoms with E-state index in [1.807, 2.05) is 13.8 Å². The first kappa shape index (κ1) is 18.4. The Kier molecular flexibility index (Phi) is 8.99. The highest BCUT2D eigenvalue weighted by Gasteiger charge is 2.28. The number of nitrogens with zero attached hydrogens (tertiary/aromatic N) is 2. The second-order valence-corrected chi connectivity index (χ2v) is 5.62. The first-order chi connectivity index (χ1) is 8.88. The second-order valence-electron chi connectivity index (χ2n) is 5.62. The second kappa shape index (κ2) is 9.30. The molecule has 0 aliphatic carbocycles. The van der Waals surface area contributed by atoms with Gasteiger partial charge < -0.3 is 4.74 Å². The largest absolute Gasteiger partial charge is 0.380 e. The van der Waals surface area contributed by atoms with Crippen molar-refractivity contribution >= 4 is 0 Å². The summed E-state index contributed by atoms with van der Waals surface area (Å²) in [5, 5.41) is 12.8. The van der Waals surface area contributed by atoms with Crippen molar-refractivity contribution in [3.05, 3.63) is 0 Å². The molecule has 0 aromatic rings. The van der Waals surface area contributed by atoms with Gasteiger partial charge in [-0.1, -0.05) is 6.92 Å². The number of rotatable bonds is 10. The molecule has 4 nitrogen and oxygen atoms in total. The quantitative estimate of drug-likeness (QED) is 0.619. The molecule has 2 unspecified atom stereocenters. The maximum atomic E-state index is 9.40. The lowest BCUT2D eigenvalue weighted by Gasteiger charge is -2.34. The predicted molar refractivity (Wildman–Crippen MR) is 80.1 cm³/mol. The molecule has 0 rings (SSSR count). The molecule has 0 heterocycles. The van der Waals surface area contributed by atoms with E-state index < -0.39 is 5.54 Å². The first-order valence-electron chi connectivity index (χ1n) is 7.39. The van der Waals surface area contributed by atoms with Crippen LogP contribution >= 0.6 is 0 Å². The van der Waals surface area contributed by atoms with Crippen LogP contribution in [0.4, 0.5) is 0 Å². The smallest absolute Gasteiger partial charge is 0.105 e. The molecular formula is C15H31N3O. The lowest BCUT2D eigenvalue weighted by atomic mass is 9.93. The Balaban J connectivity index is 4.43. The van der Waals surface area contributed by atoms with Crippen molar-refractivity contribution in [2.75, 3.05) is 26.3 Å². The third-order valence-corrected chi connectivity index (χ3v) is 3.31. The summed E-state index contributed by atoms with van der Waals surface area (Å²) in [6.07, 6.45) is 0.821. The van der Waals surface area contributed by atoms with Gasteiger partial charge in [-0.15, -0.1) is 0 Å². The molecule has 0 amide bonds. The molecule has 112 valence electrons. The molecule has 0 aliphatic heterocycles. The van der Waals surface area contributed by atoms with Crippen LogP contribution in [0.5, 0.6) is 0 Å². The van der Waals surface area contributed by atoms with Gasteiger partial charge in [-0.2, -0.15) is 5.26 Å². The number of nitriles is 1. The van der Waals surface area contributed by atoms with E-state index in [0.717, 1.165) is 32.7 Å². The van der Waals surface area contributed by atoms with Gasteiger partial charge in [-0.05, 0) is 47.6 Å². The Labute approximate surface area is 119 Å². The van der Waals surface area contributed by atoms with Crippen molar-refractivity contribution in [2.45, 2.75) is 65.6 Å². The van der Waals surface area contributed by atoms with Crippen LogP contribution in [0.15, 0.2) is 0 Å². The van der Waals surface area contributed by atoms with Gasteiger partial charge in [0.25, 0.3) is 0 Å². The van der Waals surface area contributed by atoms with Crippen molar-refractivity contribution in [3.8, 4) is 6.07 Å². The maximum absolute atomic E-state index is 9.40. The number of likely N-dealkylation sites (N-methyl/N-ethyl adjacent to an activating group) is 1. The third-order valence-electron chi connectivity index (χ3n) is 3.31. The van der Waals surface area contributed by atoms with Gasteiger partial charge in [0.15, 0.2) is 0 Å². The fourth-order valence-corrected chi connectivity index (χ4v) is 2.51. The summed E-state index contributed by atoms with van der Waals surface area (Å²) in [6, 6.07) is 3.10. The standard InChI is InChI=1S/C15H31N3O/c1-7-18(9-10-19-8-2)14(5)11-15(6,12-16)17-13(3)4/h13-14,17H,7-11H2,1-6H3. The van der Waals surface area contributed by atoms with Gasteiger partial charge in [0.1, 0.15) is 5.54 Å². The summed E-state index contributed by atoms with van der Waals surface area (Å²) in [5.74, 6) is 0. The van der Waals surface area contributed by atoms with Gasteiger partial charge >= 0.3 is 0 Å². The van der Waals surface area contributed by atoms with Crippen LogP contribution in [0.25, 0.3) is 0 Å². The van der Waals surface area contributed by atoms with Crippen molar-refractivity contribution in [3.63, 3.8) is 0 Å². The highest BCUT2D eigenvalue weighted by Crippen LogP contribution is 2.16. The van der Waals surface area contributed by atoms with Crippen molar-refractivity contribution in [1.29, 1.82) is 5.26 Å². The average molecular weight is 269 g/mol. The molecule has 0 aromatic carbocycles. The summed E-state index contributed by atoms with van der Waals surface area (Å²) >= 11 is 0. The normalized spacial score (nSPS) is 16.4. The van der Waals surface area contributed by atoms with Crippen LogP contribution < -0.4 is 5.32 Å². The van der Waals surface area contributed by atoms with E-state index in [-0.39, 0.29) is 0 Å². The molecule has 1 N–H and O–H groups in total. The summed E-state index contributed by atoms with van der Waals surface area (Å²) in [6.45, 7) is 15.9. The van der Waals surface area contributed by atoms with E-state index in [2.05, 4.69) is 44.0 Å². The summed E-state index contributed by atoms with van der Waals surface area (Å²) < 4.78 is 5.41. The Bertz CT molecular complexity index is 275.